The summed E-state index contributed by atoms with van der Waals surface area (Å²) in [6.07, 6.45) is 0. The molecule has 0 bridgehead atoms. The molecular weight excluding hydrogens is 396 g/mol. The Kier molecular flexibility index (Phi) is 5.47. The highest BCUT2D eigenvalue weighted by Gasteiger charge is 2.32. The predicted octanol–water partition coefficient (Wildman–Crippen LogP) is 2.75. The van der Waals surface area contributed by atoms with Crippen LogP contribution in [0.2, 0.25) is 5.02 Å². The van der Waals surface area contributed by atoms with Crippen LogP contribution in [0.25, 0.3) is 0 Å². The fourth-order valence-corrected chi connectivity index (χ4v) is 5.51. The van der Waals surface area contributed by atoms with E-state index in [2.05, 4.69) is 0 Å². The topological polar surface area (TPSA) is 74.8 Å². The summed E-state index contributed by atoms with van der Waals surface area (Å²) < 4.78 is 26.8. The number of Topliss-reactive ketones (excluding diaryl/α,β-unsaturated/α-hetero) is 1. The van der Waals surface area contributed by atoms with Gasteiger partial charge in [-0.2, -0.15) is 4.31 Å². The molecule has 26 heavy (non-hydrogen) atoms. The number of carbonyl (C=O) groups excluding carboxylic acids is 2. The van der Waals surface area contributed by atoms with Gasteiger partial charge in [-0.3, -0.25) is 9.59 Å². The zero-order valence-electron chi connectivity index (χ0n) is 14.0. The summed E-state index contributed by atoms with van der Waals surface area (Å²) in [6.45, 7) is 2.43. The molecule has 1 aliphatic heterocycles. The van der Waals surface area contributed by atoms with Crippen molar-refractivity contribution in [3.63, 3.8) is 0 Å². The van der Waals surface area contributed by atoms with Crippen molar-refractivity contribution in [3.8, 4) is 0 Å². The van der Waals surface area contributed by atoms with Gasteiger partial charge in [-0.1, -0.05) is 23.7 Å². The quantitative estimate of drug-likeness (QED) is 0.723. The van der Waals surface area contributed by atoms with Gasteiger partial charge in [0.2, 0.25) is 10.0 Å². The second-order valence-corrected chi connectivity index (χ2v) is 9.24. The molecular formula is C17H17ClN2O4S2. The molecule has 1 aromatic heterocycles. The van der Waals surface area contributed by atoms with E-state index in [9.17, 15) is 18.0 Å². The number of benzene rings is 1. The van der Waals surface area contributed by atoms with Crippen LogP contribution in [-0.4, -0.2) is 55.5 Å². The van der Waals surface area contributed by atoms with E-state index < -0.39 is 10.0 Å². The fourth-order valence-electron chi connectivity index (χ4n) is 2.72. The van der Waals surface area contributed by atoms with E-state index in [1.54, 1.807) is 29.2 Å². The first kappa shape index (κ1) is 19.0. The largest absolute Gasteiger partial charge is 0.335 e. The normalized spacial score (nSPS) is 15.8. The van der Waals surface area contributed by atoms with Gasteiger partial charge in [0.15, 0.2) is 5.78 Å². The van der Waals surface area contributed by atoms with Crippen molar-refractivity contribution in [2.75, 3.05) is 26.2 Å². The summed E-state index contributed by atoms with van der Waals surface area (Å²) in [5.74, 6) is -0.262. The van der Waals surface area contributed by atoms with Crippen LogP contribution in [0.4, 0.5) is 0 Å². The molecule has 0 spiro atoms. The van der Waals surface area contributed by atoms with E-state index in [4.69, 9.17) is 11.6 Å². The summed E-state index contributed by atoms with van der Waals surface area (Å²) in [4.78, 5) is 26.6. The van der Waals surface area contributed by atoms with Gasteiger partial charge in [-0.25, -0.2) is 8.42 Å². The number of sulfonamides is 1. The van der Waals surface area contributed by atoms with Crippen molar-refractivity contribution in [1.29, 1.82) is 0 Å². The summed E-state index contributed by atoms with van der Waals surface area (Å²) >= 11 is 7.18. The van der Waals surface area contributed by atoms with E-state index in [1.807, 2.05) is 0 Å². The van der Waals surface area contributed by atoms with Crippen molar-refractivity contribution in [3.05, 3.63) is 51.2 Å². The Bertz CT molecular complexity index is 947. The van der Waals surface area contributed by atoms with Gasteiger partial charge in [-0.15, -0.1) is 11.3 Å². The van der Waals surface area contributed by atoms with Crippen LogP contribution >= 0.6 is 22.9 Å². The van der Waals surface area contributed by atoms with Gasteiger partial charge >= 0.3 is 0 Å². The SMILES string of the molecule is CC(=O)c1ccc(C(=O)N2CCN(S(=O)(=O)c3ccccc3Cl)CC2)s1. The third kappa shape index (κ3) is 3.68. The van der Waals surface area contributed by atoms with Gasteiger partial charge in [-0.05, 0) is 31.2 Å². The highest BCUT2D eigenvalue weighted by atomic mass is 35.5. The number of halogens is 1. The lowest BCUT2D eigenvalue weighted by Gasteiger charge is -2.33. The average molecular weight is 413 g/mol. The lowest BCUT2D eigenvalue weighted by molar-refractivity contribution is 0.0702. The molecule has 1 fully saturated rings. The number of hydrogen-bond donors (Lipinski definition) is 0. The molecule has 1 saturated heterocycles. The Hall–Kier alpha value is -1.74. The third-order valence-electron chi connectivity index (χ3n) is 4.14. The van der Waals surface area contributed by atoms with Gasteiger partial charge in [0.25, 0.3) is 5.91 Å². The average Bonchev–Trinajstić information content (AvgIpc) is 3.12. The Morgan fingerprint density at radius 2 is 1.62 bits per heavy atom. The highest BCUT2D eigenvalue weighted by molar-refractivity contribution is 7.89. The van der Waals surface area contributed by atoms with Crippen molar-refractivity contribution < 1.29 is 18.0 Å². The van der Waals surface area contributed by atoms with Crippen molar-refractivity contribution in [2.45, 2.75) is 11.8 Å². The number of thiophene rings is 1. The molecule has 0 unspecified atom stereocenters. The van der Waals surface area contributed by atoms with E-state index in [0.717, 1.165) is 11.3 Å². The first-order valence-corrected chi connectivity index (χ1v) is 10.6. The van der Waals surface area contributed by atoms with Crippen LogP contribution in [0.5, 0.6) is 0 Å². The van der Waals surface area contributed by atoms with Crippen LogP contribution in [0.3, 0.4) is 0 Å². The van der Waals surface area contributed by atoms with Gasteiger partial charge < -0.3 is 4.90 Å². The molecule has 0 N–H and O–H groups in total. The Morgan fingerprint density at radius 3 is 2.19 bits per heavy atom. The van der Waals surface area contributed by atoms with Crippen molar-refractivity contribution in [2.24, 2.45) is 0 Å². The zero-order valence-corrected chi connectivity index (χ0v) is 16.4. The molecule has 9 heteroatoms. The number of piperazine rings is 1. The number of nitrogens with zero attached hydrogens (tertiary/aromatic N) is 2. The molecule has 138 valence electrons. The number of hydrogen-bond acceptors (Lipinski definition) is 5. The molecule has 0 saturated carbocycles. The number of carbonyl (C=O) groups is 2. The minimum absolute atomic E-state index is 0.0748. The van der Waals surface area contributed by atoms with Crippen molar-refractivity contribution in [1.82, 2.24) is 9.21 Å². The molecule has 0 aliphatic carbocycles. The molecule has 6 nitrogen and oxygen atoms in total. The van der Waals surface area contributed by atoms with Crippen molar-refractivity contribution >= 4 is 44.7 Å². The second kappa shape index (κ2) is 7.48. The minimum atomic E-state index is -3.69. The molecule has 1 amide bonds. The van der Waals surface area contributed by atoms with Gasteiger partial charge in [0, 0.05) is 26.2 Å². The monoisotopic (exact) mass is 412 g/mol. The smallest absolute Gasteiger partial charge is 0.264 e. The summed E-state index contributed by atoms with van der Waals surface area (Å²) in [6, 6.07) is 9.59. The molecule has 2 aromatic rings. The van der Waals surface area contributed by atoms with Gasteiger partial charge in [0.05, 0.1) is 14.8 Å². The zero-order chi connectivity index (χ0) is 18.9. The Morgan fingerprint density at radius 1 is 1.00 bits per heavy atom. The van der Waals surface area contributed by atoms with Crippen LogP contribution in [0, 0.1) is 0 Å². The standard InChI is InChI=1S/C17H17ClN2O4S2/c1-12(21)14-6-7-15(25-14)17(22)19-8-10-20(11-9-19)26(23,24)16-5-3-2-4-13(16)18/h2-7H,8-11H2,1H3. The van der Waals surface area contributed by atoms with E-state index in [1.165, 1.54) is 23.4 Å². The molecule has 1 aliphatic rings. The van der Waals surface area contributed by atoms with E-state index >= 15 is 0 Å². The Labute approximate surface area is 161 Å². The maximum atomic E-state index is 12.7. The predicted molar refractivity (Wildman–Crippen MR) is 100 cm³/mol. The van der Waals surface area contributed by atoms with Crippen LogP contribution in [0.15, 0.2) is 41.3 Å². The fraction of sp³-hybridized carbons (Fsp3) is 0.294. The van der Waals surface area contributed by atoms with Crippen LogP contribution in [-0.2, 0) is 10.0 Å². The lowest BCUT2D eigenvalue weighted by Crippen LogP contribution is -2.50. The van der Waals surface area contributed by atoms with E-state index in [-0.39, 0.29) is 47.8 Å². The molecule has 1 aromatic carbocycles. The van der Waals surface area contributed by atoms with Crippen LogP contribution in [0.1, 0.15) is 26.3 Å². The maximum Gasteiger partial charge on any atom is 0.264 e. The number of amides is 1. The first-order chi connectivity index (χ1) is 12.3. The number of ketones is 1. The second-order valence-electron chi connectivity index (χ2n) is 5.85. The van der Waals surface area contributed by atoms with Gasteiger partial charge in [0.1, 0.15) is 4.90 Å². The highest BCUT2D eigenvalue weighted by Crippen LogP contribution is 2.26. The summed E-state index contributed by atoms with van der Waals surface area (Å²) in [5.41, 5.74) is 0. The van der Waals surface area contributed by atoms with Crippen LogP contribution < -0.4 is 0 Å². The number of rotatable bonds is 4. The summed E-state index contributed by atoms with van der Waals surface area (Å²) in [5, 5.41) is 0.182. The Balaban J connectivity index is 1.70. The molecule has 3 rings (SSSR count). The third-order valence-corrected chi connectivity index (χ3v) is 7.72. The molecule has 0 atom stereocenters. The molecule has 2 heterocycles. The first-order valence-electron chi connectivity index (χ1n) is 7.95. The lowest BCUT2D eigenvalue weighted by atomic mass is 10.3. The summed E-state index contributed by atoms with van der Waals surface area (Å²) in [7, 11) is -3.69. The van der Waals surface area contributed by atoms with E-state index in [0.29, 0.717) is 9.75 Å². The minimum Gasteiger partial charge on any atom is -0.335 e. The maximum absolute atomic E-state index is 12.7. The molecule has 0 radical (unpaired) electrons.